The summed E-state index contributed by atoms with van der Waals surface area (Å²) >= 11 is 1.47. The number of thioether (sulfide) groups is 1. The van der Waals surface area contributed by atoms with Gasteiger partial charge in [-0.2, -0.15) is 13.2 Å². The van der Waals surface area contributed by atoms with Crippen LogP contribution in [0.3, 0.4) is 0 Å². The fourth-order valence-electron chi connectivity index (χ4n) is 1.88. The molecule has 0 saturated heterocycles. The number of anilines is 1. The molecule has 1 N–H and O–H groups in total. The molecule has 0 spiro atoms. The van der Waals surface area contributed by atoms with Gasteiger partial charge in [0.15, 0.2) is 0 Å². The first kappa shape index (κ1) is 21.6. The second kappa shape index (κ2) is 10.6. The number of hydrogen-bond acceptors (Lipinski definition) is 4. The van der Waals surface area contributed by atoms with E-state index in [1.54, 1.807) is 6.92 Å². The van der Waals surface area contributed by atoms with Gasteiger partial charge in [0.25, 0.3) is 0 Å². The normalized spacial score (nSPS) is 12.7. The van der Waals surface area contributed by atoms with E-state index >= 15 is 0 Å². The molecule has 1 aromatic carbocycles. The number of methoxy groups -OCH3 is 1. The molecule has 4 nitrogen and oxygen atoms in total. The molecule has 0 aliphatic heterocycles. The van der Waals surface area contributed by atoms with Crippen LogP contribution in [-0.4, -0.2) is 37.2 Å². The Labute approximate surface area is 150 Å². The molecule has 0 heterocycles. The highest BCUT2D eigenvalue weighted by molar-refractivity contribution is 8.00. The largest absolute Gasteiger partial charge is 0.489 e. The maximum Gasteiger partial charge on any atom is 0.416 e. The zero-order valence-electron chi connectivity index (χ0n) is 14.6. The van der Waals surface area contributed by atoms with Gasteiger partial charge in [-0.1, -0.05) is 13.3 Å². The minimum atomic E-state index is -4.49. The second-order valence-electron chi connectivity index (χ2n) is 5.41. The van der Waals surface area contributed by atoms with Gasteiger partial charge in [0.1, 0.15) is 12.4 Å². The number of unbranched alkanes of at least 4 members (excludes halogenated alkanes) is 1. The molecule has 8 heteroatoms. The zero-order valence-corrected chi connectivity index (χ0v) is 15.4. The predicted molar refractivity (Wildman–Crippen MR) is 94.3 cm³/mol. The van der Waals surface area contributed by atoms with Crippen LogP contribution in [0.15, 0.2) is 18.2 Å². The monoisotopic (exact) mass is 379 g/mol. The van der Waals surface area contributed by atoms with E-state index in [9.17, 15) is 18.0 Å². The number of carbonyl (C=O) groups is 1. The molecule has 1 amide bonds. The first-order valence-corrected chi connectivity index (χ1v) is 9.10. The lowest BCUT2D eigenvalue weighted by Crippen LogP contribution is -2.23. The lowest BCUT2D eigenvalue weighted by molar-refractivity contribution is -0.137. The number of benzene rings is 1. The Morgan fingerprint density at radius 1 is 1.32 bits per heavy atom. The number of rotatable bonds is 10. The fourth-order valence-corrected chi connectivity index (χ4v) is 2.90. The lowest BCUT2D eigenvalue weighted by Gasteiger charge is -2.17. The number of carbonyl (C=O) groups excluding carboxylic acids is 1. The minimum absolute atomic E-state index is 0.0128. The summed E-state index contributed by atoms with van der Waals surface area (Å²) in [6, 6.07) is 3.03. The SMILES string of the molecule is CCCCSC(C)C(=O)Nc1cc(C(F)(F)F)ccc1OCCOC. The number of ether oxygens (including phenoxy) is 2. The summed E-state index contributed by atoms with van der Waals surface area (Å²) in [4.78, 5) is 12.3. The van der Waals surface area contributed by atoms with E-state index < -0.39 is 11.7 Å². The Bertz CT molecular complexity index is 552. The highest BCUT2D eigenvalue weighted by Gasteiger charge is 2.31. The van der Waals surface area contributed by atoms with E-state index in [2.05, 4.69) is 12.2 Å². The van der Waals surface area contributed by atoms with Gasteiger partial charge < -0.3 is 14.8 Å². The summed E-state index contributed by atoms with van der Waals surface area (Å²) in [5, 5.41) is 2.18. The Balaban J connectivity index is 2.89. The fraction of sp³-hybridized carbons (Fsp3) is 0.588. The number of alkyl halides is 3. The molecule has 0 radical (unpaired) electrons. The summed E-state index contributed by atoms with van der Waals surface area (Å²) < 4.78 is 49.1. The molecular formula is C17H24F3NO3S. The predicted octanol–water partition coefficient (Wildman–Crippen LogP) is 4.59. The molecule has 142 valence electrons. The van der Waals surface area contributed by atoms with Crippen LogP contribution in [0.1, 0.15) is 32.3 Å². The van der Waals surface area contributed by atoms with Crippen LogP contribution >= 0.6 is 11.8 Å². The zero-order chi connectivity index (χ0) is 18.9. The van der Waals surface area contributed by atoms with Crippen molar-refractivity contribution >= 4 is 23.4 Å². The quantitative estimate of drug-likeness (QED) is 0.604. The topological polar surface area (TPSA) is 47.6 Å². The Morgan fingerprint density at radius 2 is 2.04 bits per heavy atom. The number of halogens is 3. The van der Waals surface area contributed by atoms with Crippen molar-refractivity contribution in [1.82, 2.24) is 0 Å². The van der Waals surface area contributed by atoms with Crippen LogP contribution in [0.5, 0.6) is 5.75 Å². The molecule has 0 saturated carbocycles. The third kappa shape index (κ3) is 7.56. The summed E-state index contributed by atoms with van der Waals surface area (Å²) in [7, 11) is 1.49. The van der Waals surface area contributed by atoms with Crippen molar-refractivity contribution in [2.75, 3.05) is 31.4 Å². The third-order valence-corrected chi connectivity index (χ3v) is 4.58. The lowest BCUT2D eigenvalue weighted by atomic mass is 10.1. The van der Waals surface area contributed by atoms with Gasteiger partial charge in [0.2, 0.25) is 5.91 Å². The van der Waals surface area contributed by atoms with E-state index in [4.69, 9.17) is 9.47 Å². The van der Waals surface area contributed by atoms with Crippen LogP contribution in [0.25, 0.3) is 0 Å². The average Bonchev–Trinajstić information content (AvgIpc) is 2.55. The van der Waals surface area contributed by atoms with Gasteiger partial charge in [-0.25, -0.2) is 0 Å². The van der Waals surface area contributed by atoms with E-state index in [0.717, 1.165) is 30.7 Å². The van der Waals surface area contributed by atoms with Crippen molar-refractivity contribution in [3.63, 3.8) is 0 Å². The van der Waals surface area contributed by atoms with Gasteiger partial charge in [0, 0.05) is 7.11 Å². The Kier molecular flexibility index (Phi) is 9.13. The Hall–Kier alpha value is -1.41. The maximum atomic E-state index is 12.9. The van der Waals surface area contributed by atoms with Crippen LogP contribution in [0.2, 0.25) is 0 Å². The summed E-state index contributed by atoms with van der Waals surface area (Å²) in [6.07, 6.45) is -2.49. The molecule has 1 unspecified atom stereocenters. The van der Waals surface area contributed by atoms with Crippen LogP contribution in [-0.2, 0) is 15.7 Å². The number of nitrogens with one attached hydrogen (secondary N) is 1. The highest BCUT2D eigenvalue weighted by Crippen LogP contribution is 2.35. The molecule has 1 rings (SSSR count). The van der Waals surface area contributed by atoms with Crippen molar-refractivity contribution in [3.8, 4) is 5.75 Å². The molecule has 0 aliphatic rings. The smallest absolute Gasteiger partial charge is 0.416 e. The molecule has 1 atom stereocenters. The van der Waals surface area contributed by atoms with Crippen molar-refractivity contribution in [2.45, 2.75) is 38.1 Å². The van der Waals surface area contributed by atoms with E-state index in [0.29, 0.717) is 0 Å². The van der Waals surface area contributed by atoms with Crippen molar-refractivity contribution < 1.29 is 27.4 Å². The molecule has 0 aliphatic carbocycles. The molecule has 1 aromatic rings. The van der Waals surface area contributed by atoms with Crippen molar-refractivity contribution in [3.05, 3.63) is 23.8 Å². The van der Waals surface area contributed by atoms with Gasteiger partial charge >= 0.3 is 6.18 Å². The van der Waals surface area contributed by atoms with E-state index in [-0.39, 0.29) is 35.8 Å². The molecule has 0 aromatic heterocycles. The third-order valence-electron chi connectivity index (χ3n) is 3.34. The number of amides is 1. The van der Waals surface area contributed by atoms with Crippen molar-refractivity contribution in [2.24, 2.45) is 0 Å². The first-order chi connectivity index (χ1) is 11.8. The number of hydrogen-bond donors (Lipinski definition) is 1. The van der Waals surface area contributed by atoms with Crippen molar-refractivity contribution in [1.29, 1.82) is 0 Å². The van der Waals surface area contributed by atoms with Crippen LogP contribution in [0, 0.1) is 0 Å². The van der Waals surface area contributed by atoms with Gasteiger partial charge in [0.05, 0.1) is 23.1 Å². The second-order valence-corrected chi connectivity index (χ2v) is 6.85. The molecule has 25 heavy (non-hydrogen) atoms. The van der Waals surface area contributed by atoms with E-state index in [1.807, 2.05) is 0 Å². The Morgan fingerprint density at radius 3 is 2.64 bits per heavy atom. The summed E-state index contributed by atoms with van der Waals surface area (Å²) in [5.41, 5.74) is -0.827. The van der Waals surface area contributed by atoms with Crippen LogP contribution < -0.4 is 10.1 Å². The van der Waals surface area contributed by atoms with Gasteiger partial charge in [-0.3, -0.25) is 4.79 Å². The van der Waals surface area contributed by atoms with E-state index in [1.165, 1.54) is 24.9 Å². The first-order valence-electron chi connectivity index (χ1n) is 8.05. The summed E-state index contributed by atoms with van der Waals surface area (Å²) in [6.45, 7) is 4.25. The average molecular weight is 379 g/mol. The molecule has 0 fully saturated rings. The minimum Gasteiger partial charge on any atom is -0.489 e. The van der Waals surface area contributed by atoms with Gasteiger partial charge in [-0.15, -0.1) is 11.8 Å². The standard InChI is InChI=1S/C17H24F3NO3S/c1-4-5-10-25-12(2)16(22)21-14-11-13(17(18,19)20)6-7-15(14)24-9-8-23-3/h6-7,11-12H,4-5,8-10H2,1-3H3,(H,21,22). The molecular weight excluding hydrogens is 355 g/mol. The molecule has 0 bridgehead atoms. The highest BCUT2D eigenvalue weighted by atomic mass is 32.2. The maximum absolute atomic E-state index is 12.9. The summed E-state index contributed by atoms with van der Waals surface area (Å²) in [5.74, 6) is 0.659. The van der Waals surface area contributed by atoms with Crippen LogP contribution in [0.4, 0.5) is 18.9 Å². The van der Waals surface area contributed by atoms with Gasteiger partial charge in [-0.05, 0) is 37.3 Å².